The molecule has 0 saturated carbocycles. The topological polar surface area (TPSA) is 528 Å². The van der Waals surface area contributed by atoms with Crippen LogP contribution in [-0.4, -0.2) is 206 Å². The van der Waals surface area contributed by atoms with Crippen molar-refractivity contribution in [1.29, 1.82) is 0 Å². The summed E-state index contributed by atoms with van der Waals surface area (Å²) in [7, 11) is 0. The second-order valence-corrected chi connectivity index (χ2v) is 24.1. The Kier molecular flexibility index (Phi) is 34.3. The molecule has 1 aliphatic rings. The molecule has 1 aromatic heterocycles. The molecule has 2 heterocycles. The number of primary amides is 1. The first-order valence-electron chi connectivity index (χ1n) is 31.6. The molecule has 11 amide bonds. The molecule has 1 aromatic carbocycles. The summed E-state index contributed by atoms with van der Waals surface area (Å²) in [6.45, 7) is 8.36. The van der Waals surface area contributed by atoms with Crippen molar-refractivity contribution in [3.05, 3.63) is 54.1 Å². The Morgan fingerprint density at radius 1 is 0.670 bits per heavy atom. The average Bonchev–Trinajstić information content (AvgIpc) is 1.77. The second-order valence-electron chi connectivity index (χ2n) is 24.1. The standard InChI is InChI=1S/C61H97N17O16/c1-7-8-10-19-47(81)45(20-23-79)78-33-66-29-38(78)27-43(75-56(89)41(25-35(4)5)73-57(90)44(28-48(62)82)76-58(91)46-18-14-22-77(46)51(85)32-70-59(92)52(63)36(6)80)54(87)69-31-50(84)72-40(24-34(2)3)55(88)74-42(26-37-15-11-9-12-16-37)53(86)68-30-49(83)71-39(60(93)94)17-13-21-67-61(64)65/h9,11-12,15-16,23,29,33-36,39-47,52,80-81H,7-8,10,13-14,17-22,24-28,30-32,63H2,1-6H3,(H2,62,82)(H,68,86)(H,69,87)(H,70,92)(H,71,83)(H,72,84)(H,73,90)(H,74,88)(H,75,89)(H,76,91)(H,93,94)(H4,64,65,67)/t36-,39+,40+,41+,42+,43+,44+,45?,46+,47?,52+/m1/s1. The minimum Gasteiger partial charge on any atom is -0.480 e. The molecule has 94 heavy (non-hydrogen) atoms. The number of aldehydes is 1. The fraction of sp³-hybridized carbons (Fsp3) is 0.623. The van der Waals surface area contributed by atoms with Gasteiger partial charge in [-0.2, -0.15) is 0 Å². The zero-order valence-electron chi connectivity index (χ0n) is 54.3. The number of carbonyl (C=O) groups excluding carboxylic acids is 12. The van der Waals surface area contributed by atoms with E-state index in [4.69, 9.17) is 22.9 Å². The molecule has 33 heteroatoms. The lowest BCUT2D eigenvalue weighted by atomic mass is 10.00. The van der Waals surface area contributed by atoms with Gasteiger partial charge in [0.05, 0.1) is 50.6 Å². The molecule has 3 rings (SSSR count). The number of amides is 11. The third-order valence-corrected chi connectivity index (χ3v) is 15.2. The first kappa shape index (κ1) is 79.1. The van der Waals surface area contributed by atoms with E-state index < -0.39 is 170 Å². The molecule has 2 aromatic rings. The van der Waals surface area contributed by atoms with Gasteiger partial charge in [-0.3, -0.25) is 57.7 Å². The van der Waals surface area contributed by atoms with E-state index in [2.05, 4.69) is 57.8 Å². The summed E-state index contributed by atoms with van der Waals surface area (Å²) in [6, 6.07) is -3.69. The number of carboxylic acid groups (broad SMARTS) is 1. The summed E-state index contributed by atoms with van der Waals surface area (Å²) < 4.78 is 1.50. The molecular formula is C61H97N17O16. The number of imidazole rings is 1. The summed E-state index contributed by atoms with van der Waals surface area (Å²) in [6.07, 6.45) is 2.76. The Morgan fingerprint density at radius 3 is 1.77 bits per heavy atom. The molecule has 0 bridgehead atoms. The molecule has 33 nitrogen and oxygen atoms in total. The van der Waals surface area contributed by atoms with Crippen molar-refractivity contribution in [3.8, 4) is 0 Å². The lowest BCUT2D eigenvalue weighted by Gasteiger charge is -2.29. The number of hydrogen-bond donors (Lipinski definition) is 16. The van der Waals surface area contributed by atoms with E-state index in [1.54, 1.807) is 58.0 Å². The quantitative estimate of drug-likeness (QED) is 0.0130. The van der Waals surface area contributed by atoms with E-state index in [0.29, 0.717) is 31.1 Å². The number of nitrogens with two attached hydrogens (primary N) is 4. The van der Waals surface area contributed by atoms with E-state index >= 15 is 0 Å². The van der Waals surface area contributed by atoms with E-state index in [1.165, 1.54) is 28.9 Å². The predicted octanol–water partition coefficient (Wildman–Crippen LogP) is -4.20. The van der Waals surface area contributed by atoms with Crippen LogP contribution in [0.4, 0.5) is 0 Å². The van der Waals surface area contributed by atoms with Gasteiger partial charge in [0.25, 0.3) is 0 Å². The van der Waals surface area contributed by atoms with Crippen LogP contribution < -0.4 is 70.8 Å². The smallest absolute Gasteiger partial charge is 0.326 e. The third kappa shape index (κ3) is 28.0. The number of nitrogens with one attached hydrogen (secondary N) is 9. The highest BCUT2D eigenvalue weighted by Gasteiger charge is 2.39. The van der Waals surface area contributed by atoms with Crippen LogP contribution in [0.5, 0.6) is 0 Å². The maximum Gasteiger partial charge on any atom is 0.326 e. The van der Waals surface area contributed by atoms with Crippen molar-refractivity contribution >= 4 is 83.2 Å². The van der Waals surface area contributed by atoms with Crippen molar-refractivity contribution in [2.75, 3.05) is 32.7 Å². The molecule has 1 saturated heterocycles. The van der Waals surface area contributed by atoms with Gasteiger partial charge in [0.15, 0.2) is 5.96 Å². The highest BCUT2D eigenvalue weighted by Crippen LogP contribution is 2.24. The van der Waals surface area contributed by atoms with Gasteiger partial charge < -0.3 is 100 Å². The number of aromatic nitrogens is 2. The monoisotopic (exact) mass is 1320 g/mol. The van der Waals surface area contributed by atoms with E-state index in [0.717, 1.165) is 12.8 Å². The second kappa shape index (κ2) is 40.8. The zero-order chi connectivity index (χ0) is 70.2. The minimum absolute atomic E-state index is 0.0109. The maximum absolute atomic E-state index is 14.6. The molecule has 11 atom stereocenters. The van der Waals surface area contributed by atoms with Crippen LogP contribution in [0.2, 0.25) is 0 Å². The molecule has 1 fully saturated rings. The highest BCUT2D eigenvalue weighted by atomic mass is 16.4. The number of unbranched alkanes of at least 4 members (excludes halogenated alkanes) is 2. The molecular weight excluding hydrogens is 1230 g/mol. The van der Waals surface area contributed by atoms with Crippen LogP contribution in [0.3, 0.4) is 0 Å². The first-order chi connectivity index (χ1) is 44.5. The summed E-state index contributed by atoms with van der Waals surface area (Å²) in [5.41, 5.74) is 22.7. The van der Waals surface area contributed by atoms with Crippen molar-refractivity contribution in [3.63, 3.8) is 0 Å². The van der Waals surface area contributed by atoms with Gasteiger partial charge in [-0.25, -0.2) is 9.78 Å². The number of aliphatic hydroxyl groups excluding tert-OH is 2. The molecule has 522 valence electrons. The first-order valence-corrected chi connectivity index (χ1v) is 31.6. The maximum atomic E-state index is 14.6. The van der Waals surface area contributed by atoms with Gasteiger partial charge in [0.1, 0.15) is 54.6 Å². The van der Waals surface area contributed by atoms with Crippen LogP contribution in [-0.2, 0) is 75.2 Å². The molecule has 0 spiro atoms. The van der Waals surface area contributed by atoms with Crippen molar-refractivity contribution < 1.29 is 77.6 Å². The lowest BCUT2D eigenvalue weighted by molar-refractivity contribution is -0.142. The van der Waals surface area contributed by atoms with Gasteiger partial charge in [0.2, 0.25) is 65.0 Å². The summed E-state index contributed by atoms with van der Waals surface area (Å²) in [5, 5.41) is 53.3. The van der Waals surface area contributed by atoms with Gasteiger partial charge >= 0.3 is 5.97 Å². The number of aliphatic imine (C=N–C) groups is 1. The van der Waals surface area contributed by atoms with Gasteiger partial charge in [-0.05, 0) is 69.3 Å². The summed E-state index contributed by atoms with van der Waals surface area (Å²) in [5.74, 6) is -11.9. The number of carboxylic acids is 1. The normalized spacial score (nSPS) is 16.0. The van der Waals surface area contributed by atoms with Crippen LogP contribution in [0.25, 0.3) is 0 Å². The van der Waals surface area contributed by atoms with Crippen LogP contribution in [0, 0.1) is 11.8 Å². The summed E-state index contributed by atoms with van der Waals surface area (Å²) in [4.78, 5) is 183. The van der Waals surface area contributed by atoms with Gasteiger partial charge in [-0.1, -0.05) is 84.2 Å². The SMILES string of the molecule is CCCCCC(O)C(CC=O)n1cncc1C[C@H](NC(=O)[C@H](CC(C)C)NC(=O)[C@H](CC(N)=O)NC(=O)[C@@H]1CCCN1C(=O)CNC(=O)[C@@H](N)[C@@H](C)O)C(=O)NCC(=O)N[C@@H](CC(C)C)C(=O)N[C@@H](Cc1ccccc1)C(=O)NCC(=O)N[C@@H](CCCN=C(N)N)C(=O)O. The number of nitrogens with zero attached hydrogens (tertiary/aromatic N) is 4. The Labute approximate surface area is 546 Å². The number of rotatable bonds is 43. The van der Waals surface area contributed by atoms with E-state index in [1.807, 2.05) is 6.92 Å². The molecule has 0 aliphatic carbocycles. The average molecular weight is 1320 g/mol. The molecule has 20 N–H and O–H groups in total. The lowest BCUT2D eigenvalue weighted by Crippen LogP contribution is -2.59. The minimum atomic E-state index is -1.70. The van der Waals surface area contributed by atoms with Crippen molar-refractivity contribution in [2.24, 2.45) is 39.8 Å². The number of aliphatic hydroxyl groups is 2. The molecule has 2 unspecified atom stereocenters. The Balaban J connectivity index is 1.93. The number of aliphatic carboxylic acids is 1. The highest BCUT2D eigenvalue weighted by molar-refractivity contribution is 5.99. The predicted molar refractivity (Wildman–Crippen MR) is 341 cm³/mol. The zero-order valence-corrected chi connectivity index (χ0v) is 54.3. The van der Waals surface area contributed by atoms with Gasteiger partial charge in [0, 0.05) is 44.2 Å². The number of benzene rings is 1. The molecule has 0 radical (unpaired) electrons. The number of hydrogen-bond acceptors (Lipinski definition) is 18. The molecule has 1 aliphatic heterocycles. The third-order valence-electron chi connectivity index (χ3n) is 15.2. The summed E-state index contributed by atoms with van der Waals surface area (Å²) >= 11 is 0. The van der Waals surface area contributed by atoms with E-state index in [-0.39, 0.29) is 81.5 Å². The van der Waals surface area contributed by atoms with Crippen molar-refractivity contribution in [2.45, 2.75) is 198 Å². The Bertz CT molecular complexity index is 2900. The van der Waals surface area contributed by atoms with E-state index in [9.17, 15) is 77.6 Å². The van der Waals surface area contributed by atoms with Crippen LogP contribution >= 0.6 is 0 Å². The Morgan fingerprint density at radius 2 is 1.22 bits per heavy atom. The largest absolute Gasteiger partial charge is 0.480 e. The van der Waals surface area contributed by atoms with Crippen LogP contribution in [0.1, 0.15) is 136 Å². The number of likely N-dealkylation sites (tertiary alicyclic amines) is 1. The Hall–Kier alpha value is -9.11. The number of guanidine groups is 1. The fourth-order valence-corrected chi connectivity index (χ4v) is 10.3. The van der Waals surface area contributed by atoms with Crippen molar-refractivity contribution in [1.82, 2.24) is 62.3 Å². The fourth-order valence-electron chi connectivity index (χ4n) is 10.3. The van der Waals surface area contributed by atoms with Crippen LogP contribution in [0.15, 0.2) is 47.8 Å². The van der Waals surface area contributed by atoms with Gasteiger partial charge in [-0.15, -0.1) is 0 Å². The number of carbonyl (C=O) groups is 13.